The summed E-state index contributed by atoms with van der Waals surface area (Å²) in [6.45, 7) is 7.10. The Bertz CT molecular complexity index is 1350. The van der Waals surface area contributed by atoms with E-state index < -0.39 is 18.6 Å². The maximum Gasteiger partial charge on any atom is 0.433 e. The Morgan fingerprint density at radius 1 is 0.724 bits per heavy atom. The lowest BCUT2D eigenvalue weighted by atomic mass is 10.1. The summed E-state index contributed by atoms with van der Waals surface area (Å²) in [5.41, 5.74) is -0.0525. The fourth-order valence-electron chi connectivity index (χ4n) is 5.90. The number of nitro groups is 1. The fraction of sp³-hybridized carbons (Fsp3) is 0.714. The topological polar surface area (TPSA) is 149 Å². The Labute approximate surface area is 355 Å². The Morgan fingerprint density at radius 3 is 1.88 bits per heavy atom. The molecule has 0 saturated carbocycles. The van der Waals surface area contributed by atoms with E-state index in [-0.39, 0.29) is 18.9 Å². The smallest absolute Gasteiger partial charge is 0.433 e. The van der Waals surface area contributed by atoms with Gasteiger partial charge in [0.1, 0.15) is 10.8 Å². The summed E-state index contributed by atoms with van der Waals surface area (Å²) in [5.74, 6) is 1.48. The Kier molecular flexibility index (Phi) is 31.6. The van der Waals surface area contributed by atoms with Crippen molar-refractivity contribution < 1.29 is 42.4 Å². The number of benzene rings is 1. The minimum absolute atomic E-state index is 0.0525. The molecule has 0 saturated heterocycles. The van der Waals surface area contributed by atoms with Crippen LogP contribution in [0.5, 0.6) is 5.75 Å². The number of hydrogen-bond donors (Lipinski definition) is 0. The highest BCUT2D eigenvalue weighted by molar-refractivity contribution is 8.76. The van der Waals surface area contributed by atoms with Gasteiger partial charge in [-0.15, -0.1) is 0 Å². The second-order valence-corrected chi connectivity index (χ2v) is 18.4. The number of non-ortho nitro benzene ring substituents is 1. The normalized spacial score (nSPS) is 12.3. The number of aromatic nitrogens is 1. The van der Waals surface area contributed by atoms with Crippen molar-refractivity contribution in [2.45, 2.75) is 134 Å². The number of carbonyl (C=O) groups excluding carboxylic acids is 1. The van der Waals surface area contributed by atoms with Crippen molar-refractivity contribution in [1.82, 2.24) is 10.0 Å². The number of amides is 1. The third-order valence-corrected chi connectivity index (χ3v) is 13.4. The van der Waals surface area contributed by atoms with Crippen LogP contribution in [0.4, 0.5) is 10.5 Å². The molecule has 0 radical (unpaired) electrons. The van der Waals surface area contributed by atoms with E-state index >= 15 is 0 Å². The van der Waals surface area contributed by atoms with Crippen molar-refractivity contribution in [3.05, 3.63) is 58.8 Å². The van der Waals surface area contributed by atoms with Gasteiger partial charge in [0.25, 0.3) is 5.69 Å². The highest BCUT2D eigenvalue weighted by Gasteiger charge is 2.25. The first-order valence-electron chi connectivity index (χ1n) is 21.5. The fourth-order valence-corrected chi connectivity index (χ4v) is 9.65. The number of carbonyl (C=O) groups is 1. The van der Waals surface area contributed by atoms with Crippen molar-refractivity contribution in [3.63, 3.8) is 0 Å². The van der Waals surface area contributed by atoms with E-state index in [4.69, 9.17) is 28.1 Å². The van der Waals surface area contributed by atoms with Crippen molar-refractivity contribution in [3.8, 4) is 5.75 Å². The summed E-state index contributed by atoms with van der Waals surface area (Å²) in [6, 6.07) is 11.6. The summed E-state index contributed by atoms with van der Waals surface area (Å²) >= 11 is 0. The molecule has 0 spiro atoms. The van der Waals surface area contributed by atoms with E-state index in [1.165, 1.54) is 86.4 Å². The number of unbranched alkanes of at least 4 members (excludes halogenated alkanes) is 16. The molecule has 2 rings (SSSR count). The summed E-state index contributed by atoms with van der Waals surface area (Å²) in [5, 5.41) is 13.2. The van der Waals surface area contributed by atoms with Crippen LogP contribution in [-0.4, -0.2) is 85.8 Å². The molecule has 58 heavy (non-hydrogen) atoms. The van der Waals surface area contributed by atoms with E-state index in [2.05, 4.69) is 11.1 Å². The molecule has 13 nitrogen and oxygen atoms in total. The number of ether oxygens (including phenoxy) is 3. The van der Waals surface area contributed by atoms with Crippen molar-refractivity contribution in [1.29, 1.82) is 0 Å². The third-order valence-electron chi connectivity index (χ3n) is 9.06. The van der Waals surface area contributed by atoms with Crippen LogP contribution in [0, 0.1) is 10.1 Å². The van der Waals surface area contributed by atoms with Crippen molar-refractivity contribution in [2.75, 3.05) is 64.7 Å². The van der Waals surface area contributed by atoms with Gasteiger partial charge in [0.15, 0.2) is 0 Å². The Balaban J connectivity index is 1.31. The van der Waals surface area contributed by atoms with Crippen LogP contribution in [0.1, 0.15) is 129 Å². The van der Waals surface area contributed by atoms with Crippen molar-refractivity contribution >= 4 is 41.0 Å². The lowest BCUT2D eigenvalue weighted by Crippen LogP contribution is -2.33. The molecular weight excluding hydrogens is 802 g/mol. The monoisotopic (exact) mass is 871 g/mol. The Morgan fingerprint density at radius 2 is 1.29 bits per heavy atom. The standard InChI is InChI=1S/C42H70N3O10PS2/c1-3-44(53-36-35-51-34-33-50-31-21-15-11-7-6-10-14-18-24-38-57-58-41-25-19-20-30-43-41)42(46)52-32-22-16-12-8-5-9-13-17-23-37-56(49,54-4-2)55-40-28-26-39(27-29-40)45(47)48/h19-20,25-30H,3-18,21-24,31-38H2,1-2H3. The summed E-state index contributed by atoms with van der Waals surface area (Å²) in [6.07, 6.45) is 22.0. The largest absolute Gasteiger partial charge is 0.448 e. The second kappa shape index (κ2) is 35.4. The van der Waals surface area contributed by atoms with Gasteiger partial charge in [-0.25, -0.2) is 14.3 Å². The van der Waals surface area contributed by atoms with Crippen molar-refractivity contribution in [2.24, 2.45) is 0 Å². The van der Waals surface area contributed by atoms with E-state index in [0.717, 1.165) is 69.4 Å². The quantitative estimate of drug-likeness (QED) is 0.0206. The van der Waals surface area contributed by atoms with Crippen LogP contribution < -0.4 is 4.52 Å². The van der Waals surface area contributed by atoms with Gasteiger partial charge in [0.2, 0.25) is 0 Å². The molecule has 1 atom stereocenters. The summed E-state index contributed by atoms with van der Waals surface area (Å²) < 4.78 is 40.9. The zero-order valence-corrected chi connectivity index (χ0v) is 37.6. The SMILES string of the molecule is CCOP(=O)(CCCCCCCCCCCOC(=O)N(CC)OCCOCCOCCCCCCCCCCCSSc1ccccn1)Oc1ccc([N+](=O)[O-])cc1. The number of pyridine rings is 1. The first-order valence-corrected chi connectivity index (χ1v) is 25.5. The summed E-state index contributed by atoms with van der Waals surface area (Å²) in [4.78, 5) is 32.6. The van der Waals surface area contributed by atoms with Crippen LogP contribution in [0.15, 0.2) is 53.7 Å². The third kappa shape index (κ3) is 27.4. The second-order valence-electron chi connectivity index (χ2n) is 13.9. The maximum atomic E-state index is 13.1. The highest BCUT2D eigenvalue weighted by atomic mass is 33.1. The number of nitrogens with zero attached hydrogens (tertiary/aromatic N) is 3. The molecule has 2 aromatic rings. The zero-order valence-electron chi connectivity index (χ0n) is 35.1. The molecule has 1 unspecified atom stereocenters. The van der Waals surface area contributed by atoms with E-state index in [0.29, 0.717) is 51.3 Å². The van der Waals surface area contributed by atoms with Gasteiger partial charge in [0.05, 0.1) is 50.7 Å². The minimum atomic E-state index is -3.33. The van der Waals surface area contributed by atoms with Gasteiger partial charge in [0, 0.05) is 37.2 Å². The van der Waals surface area contributed by atoms with Gasteiger partial charge in [-0.3, -0.25) is 15.0 Å². The molecular formula is C42H70N3O10PS2. The predicted octanol–water partition coefficient (Wildman–Crippen LogP) is 12.5. The maximum absolute atomic E-state index is 13.1. The molecule has 1 amide bonds. The minimum Gasteiger partial charge on any atom is -0.448 e. The molecule has 1 aromatic heterocycles. The number of hydrogen-bond acceptors (Lipinski definition) is 13. The van der Waals surface area contributed by atoms with E-state index in [9.17, 15) is 19.5 Å². The van der Waals surface area contributed by atoms with Crippen LogP contribution >= 0.6 is 29.2 Å². The molecule has 330 valence electrons. The number of nitro benzene ring substituents is 1. The Hall–Kier alpha value is -2.39. The molecule has 16 heteroatoms. The van der Waals surface area contributed by atoms with Crippen LogP contribution in [0.25, 0.3) is 0 Å². The van der Waals surface area contributed by atoms with Crippen LogP contribution in [0.3, 0.4) is 0 Å². The molecule has 1 aromatic carbocycles. The lowest BCUT2D eigenvalue weighted by Gasteiger charge is -2.19. The van der Waals surface area contributed by atoms with Gasteiger partial charge >= 0.3 is 13.7 Å². The first-order chi connectivity index (χ1) is 28.4. The van der Waals surface area contributed by atoms with Crippen LogP contribution in [0.2, 0.25) is 0 Å². The molecule has 0 N–H and O–H groups in total. The average Bonchev–Trinajstić information content (AvgIpc) is 3.22. The van der Waals surface area contributed by atoms with Gasteiger partial charge < -0.3 is 23.3 Å². The van der Waals surface area contributed by atoms with E-state index in [1.807, 2.05) is 36.0 Å². The molecule has 0 aliphatic rings. The van der Waals surface area contributed by atoms with Gasteiger partial charge in [-0.2, -0.15) is 5.06 Å². The zero-order chi connectivity index (χ0) is 41.8. The van der Waals surface area contributed by atoms with Gasteiger partial charge in [-0.05, 0) is 74.6 Å². The van der Waals surface area contributed by atoms with E-state index in [1.54, 1.807) is 17.7 Å². The van der Waals surface area contributed by atoms with Gasteiger partial charge in [-0.1, -0.05) is 107 Å². The highest BCUT2D eigenvalue weighted by Crippen LogP contribution is 2.49. The molecule has 0 aliphatic heterocycles. The van der Waals surface area contributed by atoms with Crippen LogP contribution in [-0.2, 0) is 28.1 Å². The number of rotatable bonds is 39. The molecule has 0 fully saturated rings. The summed E-state index contributed by atoms with van der Waals surface area (Å²) in [7, 11) is 0.349. The molecule has 0 bridgehead atoms. The molecule has 0 aliphatic carbocycles. The predicted molar refractivity (Wildman–Crippen MR) is 235 cm³/mol. The lowest BCUT2D eigenvalue weighted by molar-refractivity contribution is -0.384. The molecule has 1 heterocycles. The average molecular weight is 872 g/mol. The number of hydroxylamine groups is 2. The first kappa shape index (κ1) is 51.8.